The third-order valence-electron chi connectivity index (χ3n) is 6.74. The van der Waals surface area contributed by atoms with Gasteiger partial charge in [-0.1, -0.05) is 12.1 Å². The zero-order valence-electron chi connectivity index (χ0n) is 18.8. The molecule has 0 unspecified atom stereocenters. The van der Waals surface area contributed by atoms with Crippen LogP contribution in [0.1, 0.15) is 35.5 Å². The van der Waals surface area contributed by atoms with Crippen molar-refractivity contribution < 1.29 is 9.13 Å². The summed E-state index contributed by atoms with van der Waals surface area (Å²) in [6, 6.07) is 10.3. The molecule has 4 aromatic rings. The van der Waals surface area contributed by atoms with Gasteiger partial charge >= 0.3 is 0 Å². The number of benzene rings is 2. The van der Waals surface area contributed by atoms with E-state index in [-0.39, 0.29) is 23.4 Å². The molecule has 0 bridgehead atoms. The summed E-state index contributed by atoms with van der Waals surface area (Å²) in [5, 5.41) is 15.5. The van der Waals surface area contributed by atoms with Gasteiger partial charge < -0.3 is 15.0 Å². The highest BCUT2D eigenvalue weighted by atomic mass is 19.1. The lowest BCUT2D eigenvalue weighted by Crippen LogP contribution is -2.30. The van der Waals surface area contributed by atoms with E-state index in [2.05, 4.69) is 37.5 Å². The monoisotopic (exact) mass is 461 g/mol. The van der Waals surface area contributed by atoms with Crippen molar-refractivity contribution in [1.82, 2.24) is 29.9 Å². The molecule has 174 valence electrons. The fraction of sp³-hybridized carbons (Fsp3) is 0.333. The number of aryl methyl sites for hydroxylation is 1. The molecule has 1 fully saturated rings. The number of ether oxygens (including phenoxy) is 1. The predicted octanol–water partition coefficient (Wildman–Crippen LogP) is 2.57. The molecule has 0 amide bonds. The number of nitrogens with zero attached hydrogens (tertiary/aromatic N) is 5. The number of halogens is 1. The highest BCUT2D eigenvalue weighted by Crippen LogP contribution is 2.46. The van der Waals surface area contributed by atoms with E-state index in [0.29, 0.717) is 22.6 Å². The zero-order chi connectivity index (χ0) is 23.4. The molecule has 1 saturated heterocycles. The van der Waals surface area contributed by atoms with Gasteiger partial charge in [-0.25, -0.2) is 14.5 Å². The molecular formula is C24H24FN7O2. The SMILES string of the molecule is CN1CC[C@@H](Oc2ccc([C@@H]3Nc4cc(F)cc5c(=O)[nH]nc(c45)[C@H]3c3ncnn3C)cc2)C1. The van der Waals surface area contributed by atoms with Gasteiger partial charge in [0.15, 0.2) is 0 Å². The van der Waals surface area contributed by atoms with E-state index in [1.165, 1.54) is 18.5 Å². The average molecular weight is 462 g/mol. The second-order valence-electron chi connectivity index (χ2n) is 9.02. The number of aromatic amines is 1. The third-order valence-corrected chi connectivity index (χ3v) is 6.74. The van der Waals surface area contributed by atoms with Crippen molar-refractivity contribution in [2.75, 3.05) is 25.5 Å². The Morgan fingerprint density at radius 3 is 2.71 bits per heavy atom. The molecular weight excluding hydrogens is 437 g/mol. The van der Waals surface area contributed by atoms with Gasteiger partial charge in [0.05, 0.1) is 23.0 Å². The van der Waals surface area contributed by atoms with Crippen LogP contribution in [0.2, 0.25) is 0 Å². The molecule has 2 aliphatic heterocycles. The summed E-state index contributed by atoms with van der Waals surface area (Å²) in [7, 11) is 3.91. The van der Waals surface area contributed by atoms with Gasteiger partial charge in [-0.3, -0.25) is 9.48 Å². The number of likely N-dealkylation sites (tertiary alicyclic amines) is 1. The Morgan fingerprint density at radius 2 is 2.00 bits per heavy atom. The first-order valence-electron chi connectivity index (χ1n) is 11.3. The van der Waals surface area contributed by atoms with Crippen molar-refractivity contribution in [3.8, 4) is 5.75 Å². The van der Waals surface area contributed by atoms with Crippen LogP contribution in [0.3, 0.4) is 0 Å². The van der Waals surface area contributed by atoms with Crippen molar-refractivity contribution in [2.24, 2.45) is 7.05 Å². The van der Waals surface area contributed by atoms with Crippen molar-refractivity contribution in [3.63, 3.8) is 0 Å². The highest BCUT2D eigenvalue weighted by molar-refractivity contribution is 5.97. The Bertz CT molecular complexity index is 1430. The zero-order valence-corrected chi connectivity index (χ0v) is 18.8. The molecule has 6 rings (SSSR count). The Labute approximate surface area is 194 Å². The van der Waals surface area contributed by atoms with Gasteiger partial charge in [-0.15, -0.1) is 0 Å². The molecule has 2 aromatic carbocycles. The number of aromatic nitrogens is 5. The molecule has 3 atom stereocenters. The van der Waals surface area contributed by atoms with E-state index >= 15 is 0 Å². The molecule has 4 heterocycles. The van der Waals surface area contributed by atoms with Crippen molar-refractivity contribution in [1.29, 1.82) is 0 Å². The number of H-pyrrole nitrogens is 1. The van der Waals surface area contributed by atoms with Crippen LogP contribution in [0.15, 0.2) is 47.5 Å². The first-order valence-corrected chi connectivity index (χ1v) is 11.3. The quantitative estimate of drug-likeness (QED) is 0.482. The van der Waals surface area contributed by atoms with Gasteiger partial charge in [-0.2, -0.15) is 10.2 Å². The molecule has 0 spiro atoms. The van der Waals surface area contributed by atoms with E-state index in [1.807, 2.05) is 31.3 Å². The molecule has 34 heavy (non-hydrogen) atoms. The maximum Gasteiger partial charge on any atom is 0.272 e. The van der Waals surface area contributed by atoms with Crippen molar-refractivity contribution in [3.05, 3.63) is 76.0 Å². The summed E-state index contributed by atoms with van der Waals surface area (Å²) < 4.78 is 22.2. The van der Waals surface area contributed by atoms with E-state index in [4.69, 9.17) is 4.74 Å². The number of anilines is 1. The molecule has 2 N–H and O–H groups in total. The fourth-order valence-electron chi connectivity index (χ4n) is 5.11. The second-order valence-corrected chi connectivity index (χ2v) is 9.02. The number of likely N-dealkylation sites (N-methyl/N-ethyl adjacent to an activating group) is 1. The van der Waals surface area contributed by atoms with E-state index < -0.39 is 11.4 Å². The van der Waals surface area contributed by atoms with E-state index in [9.17, 15) is 9.18 Å². The number of rotatable bonds is 4. The topological polar surface area (TPSA) is 101 Å². The number of nitrogens with one attached hydrogen (secondary N) is 2. The van der Waals surface area contributed by atoms with Crippen LogP contribution >= 0.6 is 0 Å². The summed E-state index contributed by atoms with van der Waals surface area (Å²) >= 11 is 0. The molecule has 9 nitrogen and oxygen atoms in total. The summed E-state index contributed by atoms with van der Waals surface area (Å²) in [6.45, 7) is 1.95. The lowest BCUT2D eigenvalue weighted by molar-refractivity contribution is 0.208. The largest absolute Gasteiger partial charge is 0.489 e. The Hall–Kier alpha value is -3.79. The van der Waals surface area contributed by atoms with Crippen LogP contribution in [0, 0.1) is 5.82 Å². The Balaban J connectivity index is 1.43. The molecule has 10 heteroatoms. The maximum atomic E-state index is 14.4. The molecule has 0 radical (unpaired) electrons. The molecule has 2 aromatic heterocycles. The smallest absolute Gasteiger partial charge is 0.272 e. The minimum atomic E-state index is -0.487. The third kappa shape index (κ3) is 3.41. The number of hydrogen-bond donors (Lipinski definition) is 2. The van der Waals surface area contributed by atoms with Gasteiger partial charge in [0, 0.05) is 31.2 Å². The Kier molecular flexibility index (Phi) is 4.84. The standard InChI is InChI=1S/C24H24FN7O2/c1-31-8-7-16(11-31)34-15-5-3-13(4-6-15)21-20(23-26-12-27-32(23)2)22-19-17(24(33)30-29-22)9-14(25)10-18(19)28-21/h3-6,9-10,12,16,20-21,28H,7-8,11H2,1-2H3,(H,30,33)/t16-,20+,21+/m1/s1. The first kappa shape index (κ1) is 20.8. The predicted molar refractivity (Wildman–Crippen MR) is 125 cm³/mol. The van der Waals surface area contributed by atoms with E-state index in [1.54, 1.807) is 4.68 Å². The van der Waals surface area contributed by atoms with Gasteiger partial charge in [0.25, 0.3) is 5.56 Å². The molecule has 0 saturated carbocycles. The van der Waals surface area contributed by atoms with Crippen LogP contribution in [-0.4, -0.2) is 56.1 Å². The highest BCUT2D eigenvalue weighted by Gasteiger charge is 2.37. The number of hydrogen-bond acceptors (Lipinski definition) is 7. The van der Waals surface area contributed by atoms with Gasteiger partial charge in [0.2, 0.25) is 0 Å². The van der Waals surface area contributed by atoms with E-state index in [0.717, 1.165) is 30.8 Å². The Morgan fingerprint density at radius 1 is 1.18 bits per heavy atom. The lowest BCUT2D eigenvalue weighted by Gasteiger charge is -2.33. The molecule has 2 aliphatic rings. The summed E-state index contributed by atoms with van der Waals surface area (Å²) in [5.74, 6) is 0.646. The normalized spacial score (nSPS) is 22.1. The van der Waals surface area contributed by atoms with Gasteiger partial charge in [0.1, 0.15) is 29.8 Å². The van der Waals surface area contributed by atoms with Crippen LogP contribution < -0.4 is 15.6 Å². The minimum absolute atomic E-state index is 0.184. The average Bonchev–Trinajstić information content (AvgIpc) is 3.43. The maximum absolute atomic E-state index is 14.4. The lowest BCUT2D eigenvalue weighted by atomic mass is 9.83. The first-order chi connectivity index (χ1) is 16.5. The summed E-state index contributed by atoms with van der Waals surface area (Å²) in [4.78, 5) is 19.2. The second kappa shape index (κ2) is 7.91. The van der Waals surface area contributed by atoms with Crippen molar-refractivity contribution in [2.45, 2.75) is 24.5 Å². The van der Waals surface area contributed by atoms with Crippen LogP contribution in [0.25, 0.3) is 10.8 Å². The minimum Gasteiger partial charge on any atom is -0.489 e. The summed E-state index contributed by atoms with van der Waals surface area (Å²) in [6.07, 6.45) is 2.68. The van der Waals surface area contributed by atoms with Crippen molar-refractivity contribution >= 4 is 16.5 Å². The fourth-order valence-corrected chi connectivity index (χ4v) is 5.11. The molecule has 0 aliphatic carbocycles. The van der Waals surface area contributed by atoms with Crippen LogP contribution in [0.5, 0.6) is 5.75 Å². The van der Waals surface area contributed by atoms with Crippen LogP contribution in [0.4, 0.5) is 10.1 Å². The van der Waals surface area contributed by atoms with Gasteiger partial charge in [-0.05, 0) is 43.3 Å². The van der Waals surface area contributed by atoms with Crippen LogP contribution in [-0.2, 0) is 7.05 Å². The summed E-state index contributed by atoms with van der Waals surface area (Å²) in [5.41, 5.74) is 1.68.